The fourth-order valence-electron chi connectivity index (χ4n) is 0.192. The summed E-state index contributed by atoms with van der Waals surface area (Å²) in [5.41, 5.74) is 0. The largest absolute Gasteiger partial charge is 0.375 e. The molecule has 4 heteroatoms. The lowest BCUT2D eigenvalue weighted by molar-refractivity contribution is 0.188. The maximum atomic E-state index is 6.64. The molecule has 0 atom stereocenters. The van der Waals surface area contributed by atoms with Gasteiger partial charge >= 0.3 is 0 Å². The van der Waals surface area contributed by atoms with E-state index in [1.807, 2.05) is 6.92 Å². The molecule has 0 aliphatic heterocycles. The molecule has 0 rings (SSSR count). The van der Waals surface area contributed by atoms with Crippen LogP contribution in [0.4, 0.5) is 0 Å². The van der Waals surface area contributed by atoms with Crippen molar-refractivity contribution in [2.75, 3.05) is 13.2 Å². The zero-order valence-electron chi connectivity index (χ0n) is 4.61. The SMILES string of the molecule is CCOCC(=N)Cl.Cl. The molecule has 0 aromatic heterocycles. The van der Waals surface area contributed by atoms with Gasteiger partial charge in [0.25, 0.3) is 0 Å². The fraction of sp³-hybridized carbons (Fsp3) is 0.750. The third-order valence-electron chi connectivity index (χ3n) is 0.433. The van der Waals surface area contributed by atoms with Crippen molar-refractivity contribution < 1.29 is 4.74 Å². The molecule has 8 heavy (non-hydrogen) atoms. The van der Waals surface area contributed by atoms with E-state index in [0.717, 1.165) is 0 Å². The lowest BCUT2D eigenvalue weighted by Gasteiger charge is -1.92. The van der Waals surface area contributed by atoms with E-state index in [0.29, 0.717) is 6.61 Å². The highest BCUT2D eigenvalue weighted by molar-refractivity contribution is 6.64. The third-order valence-corrected chi connectivity index (χ3v) is 0.542. The average Bonchev–Trinajstić information content (AvgIpc) is 1.61. The number of hydrogen-bond acceptors (Lipinski definition) is 2. The van der Waals surface area contributed by atoms with Crippen LogP contribution < -0.4 is 0 Å². The van der Waals surface area contributed by atoms with Crippen LogP contribution in [0, 0.1) is 5.41 Å². The van der Waals surface area contributed by atoms with Crippen molar-refractivity contribution in [3.05, 3.63) is 0 Å². The molecule has 0 unspecified atom stereocenters. The number of nitrogens with one attached hydrogen (secondary N) is 1. The Kier molecular flexibility index (Phi) is 9.97. The quantitative estimate of drug-likeness (QED) is 0.622. The lowest BCUT2D eigenvalue weighted by atomic mass is 10.8. The number of halogens is 2. The molecule has 0 radical (unpaired) electrons. The van der Waals surface area contributed by atoms with Gasteiger partial charge in [-0.25, -0.2) is 0 Å². The summed E-state index contributed by atoms with van der Waals surface area (Å²) in [5, 5.41) is 6.70. The highest BCUT2D eigenvalue weighted by Crippen LogP contribution is 1.80. The highest BCUT2D eigenvalue weighted by atomic mass is 35.5. The summed E-state index contributed by atoms with van der Waals surface area (Å²) in [6.45, 7) is 2.73. The van der Waals surface area contributed by atoms with Gasteiger partial charge in [0.05, 0.1) is 6.61 Å². The molecule has 0 aromatic carbocycles. The molecule has 0 spiro atoms. The molecule has 0 saturated heterocycles. The number of ether oxygens (including phenoxy) is 1. The van der Waals surface area contributed by atoms with Gasteiger partial charge in [0, 0.05) is 6.61 Å². The van der Waals surface area contributed by atoms with E-state index in [9.17, 15) is 0 Å². The monoisotopic (exact) mass is 157 g/mol. The van der Waals surface area contributed by atoms with Gasteiger partial charge < -0.3 is 4.74 Å². The van der Waals surface area contributed by atoms with Gasteiger partial charge in [-0.15, -0.1) is 12.4 Å². The third kappa shape index (κ3) is 9.51. The maximum absolute atomic E-state index is 6.64. The van der Waals surface area contributed by atoms with Crippen molar-refractivity contribution in [3.63, 3.8) is 0 Å². The molecular weight excluding hydrogens is 149 g/mol. The second-order valence-electron chi connectivity index (χ2n) is 1.04. The standard InChI is InChI=1S/C4H8ClNO.ClH/c1-2-7-3-4(5)6;/h6H,2-3H2,1H3;1H. The Bertz CT molecular complexity index is 67.1. The first kappa shape index (κ1) is 11.1. The van der Waals surface area contributed by atoms with Crippen LogP contribution in [-0.2, 0) is 4.74 Å². The van der Waals surface area contributed by atoms with E-state index >= 15 is 0 Å². The van der Waals surface area contributed by atoms with E-state index in [1.54, 1.807) is 0 Å². The molecule has 0 heterocycles. The Hall–Kier alpha value is 0.210. The molecule has 0 aromatic rings. The van der Waals surface area contributed by atoms with Crippen molar-refractivity contribution in [1.82, 2.24) is 0 Å². The summed E-state index contributed by atoms with van der Waals surface area (Å²) >= 11 is 5.11. The minimum atomic E-state index is 0. The van der Waals surface area contributed by atoms with Gasteiger partial charge in [-0.1, -0.05) is 11.6 Å². The van der Waals surface area contributed by atoms with Gasteiger partial charge in [0.1, 0.15) is 5.17 Å². The summed E-state index contributed by atoms with van der Waals surface area (Å²) in [4.78, 5) is 0. The normalized spacial score (nSPS) is 7.75. The summed E-state index contributed by atoms with van der Waals surface area (Å²) < 4.78 is 4.74. The van der Waals surface area contributed by atoms with Crippen molar-refractivity contribution in [3.8, 4) is 0 Å². The Balaban J connectivity index is 0. The van der Waals surface area contributed by atoms with Gasteiger partial charge in [-0.05, 0) is 6.92 Å². The van der Waals surface area contributed by atoms with Crippen molar-refractivity contribution >= 4 is 29.2 Å². The lowest BCUT2D eigenvalue weighted by Crippen LogP contribution is -1.98. The molecule has 0 bridgehead atoms. The predicted octanol–water partition coefficient (Wildman–Crippen LogP) is 1.66. The molecule has 2 nitrogen and oxygen atoms in total. The van der Waals surface area contributed by atoms with Crippen LogP contribution in [0.25, 0.3) is 0 Å². The number of hydrogen-bond donors (Lipinski definition) is 1. The summed E-state index contributed by atoms with van der Waals surface area (Å²) in [6.07, 6.45) is 0. The smallest absolute Gasteiger partial charge is 0.123 e. The van der Waals surface area contributed by atoms with Crippen LogP contribution >= 0.6 is 24.0 Å². The first-order valence-electron chi connectivity index (χ1n) is 2.08. The second kappa shape index (κ2) is 7.21. The van der Waals surface area contributed by atoms with Crippen LogP contribution in [0.3, 0.4) is 0 Å². The molecule has 0 aliphatic rings. The van der Waals surface area contributed by atoms with Gasteiger partial charge in [-0.3, -0.25) is 5.41 Å². The van der Waals surface area contributed by atoms with Crippen LogP contribution in [-0.4, -0.2) is 18.4 Å². The van der Waals surface area contributed by atoms with E-state index in [1.165, 1.54) is 0 Å². The first-order valence-corrected chi connectivity index (χ1v) is 2.45. The minimum absolute atomic E-state index is 0. The van der Waals surface area contributed by atoms with E-state index < -0.39 is 0 Å². The Morgan fingerprint density at radius 3 is 2.38 bits per heavy atom. The zero-order chi connectivity index (χ0) is 5.70. The van der Waals surface area contributed by atoms with Gasteiger partial charge in [0.2, 0.25) is 0 Å². The molecule has 0 fully saturated rings. The summed E-state index contributed by atoms with van der Waals surface area (Å²) in [7, 11) is 0. The molecule has 0 aliphatic carbocycles. The van der Waals surface area contributed by atoms with Crippen LogP contribution in [0.15, 0.2) is 0 Å². The second-order valence-corrected chi connectivity index (χ2v) is 1.50. The van der Waals surface area contributed by atoms with Crippen LogP contribution in [0.1, 0.15) is 6.92 Å². The topological polar surface area (TPSA) is 33.1 Å². The predicted molar refractivity (Wildman–Crippen MR) is 37.3 cm³/mol. The Labute approximate surface area is 60.1 Å². The first-order chi connectivity index (χ1) is 3.27. The van der Waals surface area contributed by atoms with E-state index in [2.05, 4.69) is 0 Å². The van der Waals surface area contributed by atoms with Crippen molar-refractivity contribution in [1.29, 1.82) is 5.41 Å². The zero-order valence-corrected chi connectivity index (χ0v) is 6.18. The molecule has 0 saturated carbocycles. The number of rotatable bonds is 3. The summed E-state index contributed by atoms with van der Waals surface area (Å²) in [6, 6.07) is 0. The molecular formula is C4H9Cl2NO. The minimum Gasteiger partial charge on any atom is -0.375 e. The van der Waals surface area contributed by atoms with Crippen molar-refractivity contribution in [2.24, 2.45) is 0 Å². The average molecular weight is 158 g/mol. The molecule has 50 valence electrons. The fourth-order valence-corrected chi connectivity index (χ4v) is 0.269. The summed E-state index contributed by atoms with van der Waals surface area (Å²) in [5.74, 6) is 0. The van der Waals surface area contributed by atoms with Gasteiger partial charge in [0.15, 0.2) is 0 Å². The molecule has 1 N–H and O–H groups in total. The van der Waals surface area contributed by atoms with Crippen molar-refractivity contribution in [2.45, 2.75) is 6.92 Å². The van der Waals surface area contributed by atoms with Gasteiger partial charge in [-0.2, -0.15) is 0 Å². The molecule has 0 amide bonds. The van der Waals surface area contributed by atoms with Crippen LogP contribution in [0.2, 0.25) is 0 Å². The Morgan fingerprint density at radius 1 is 1.75 bits per heavy atom. The highest BCUT2D eigenvalue weighted by Gasteiger charge is 1.84. The maximum Gasteiger partial charge on any atom is 0.123 e. The van der Waals surface area contributed by atoms with E-state index in [-0.39, 0.29) is 24.2 Å². The van der Waals surface area contributed by atoms with Crippen LogP contribution in [0.5, 0.6) is 0 Å². The Morgan fingerprint density at radius 2 is 2.25 bits per heavy atom. The van der Waals surface area contributed by atoms with E-state index in [4.69, 9.17) is 21.7 Å².